The molecule has 4 rings (SSSR count). The van der Waals surface area contributed by atoms with Crippen LogP contribution in [0.4, 0.5) is 8.78 Å². The van der Waals surface area contributed by atoms with E-state index in [9.17, 15) is 9.90 Å². The Kier molecular flexibility index (Phi) is 5.42. The van der Waals surface area contributed by atoms with Crippen LogP contribution in [0.3, 0.4) is 0 Å². The van der Waals surface area contributed by atoms with Crippen LogP contribution in [-0.4, -0.2) is 78.2 Å². The molecule has 1 aromatic carbocycles. The largest absolute Gasteiger partial charge is 0.504 e. The lowest BCUT2D eigenvalue weighted by molar-refractivity contribution is -0.140. The van der Waals surface area contributed by atoms with Gasteiger partial charge in [-0.05, 0) is 43.4 Å². The van der Waals surface area contributed by atoms with Crippen LogP contribution in [0.1, 0.15) is 25.3 Å². The Balaban J connectivity index is 1.43. The van der Waals surface area contributed by atoms with Gasteiger partial charge in [-0.15, -0.1) is 0 Å². The number of fused-ring (bicyclic) bond motifs is 1. The Labute approximate surface area is 169 Å². The lowest BCUT2D eigenvalue weighted by Crippen LogP contribution is -2.47. The molecule has 29 heavy (non-hydrogen) atoms. The number of amides is 1. The second-order valence-electron chi connectivity index (χ2n) is 8.39. The number of carbonyl (C=O) groups is 1. The molecular weight excluding hydrogens is 382 g/mol. The van der Waals surface area contributed by atoms with Crippen molar-refractivity contribution in [2.75, 3.05) is 46.0 Å². The topological polar surface area (TPSA) is 62.2 Å². The summed E-state index contributed by atoms with van der Waals surface area (Å²) in [7, 11) is 0. The van der Waals surface area contributed by atoms with Crippen molar-refractivity contribution in [3.05, 3.63) is 23.8 Å². The standard InChI is InChI=1S/C21H28F2N2O4/c1-2-29-18-9-16(3-4-17(18)26)10-24-12-20(22)13-25(19(27)21(20,23)14-24)11-15-5-7-28-8-6-15/h3-4,9,15,26H,2,5-8,10-14H2,1H3/t20-,21+/m0/s1. The molecule has 3 saturated heterocycles. The van der Waals surface area contributed by atoms with Gasteiger partial charge in [-0.2, -0.15) is 0 Å². The van der Waals surface area contributed by atoms with E-state index in [-0.39, 0.29) is 37.8 Å². The zero-order valence-electron chi connectivity index (χ0n) is 16.7. The van der Waals surface area contributed by atoms with E-state index in [4.69, 9.17) is 9.47 Å². The van der Waals surface area contributed by atoms with Gasteiger partial charge in [0.15, 0.2) is 17.2 Å². The summed E-state index contributed by atoms with van der Waals surface area (Å²) in [6.45, 7) is 3.57. The second-order valence-corrected chi connectivity index (χ2v) is 8.39. The highest BCUT2D eigenvalue weighted by atomic mass is 19.2. The minimum absolute atomic E-state index is 0.0248. The molecule has 1 amide bonds. The van der Waals surface area contributed by atoms with Gasteiger partial charge in [0.25, 0.3) is 5.91 Å². The van der Waals surface area contributed by atoms with Crippen molar-refractivity contribution < 1.29 is 28.2 Å². The van der Waals surface area contributed by atoms with E-state index in [1.165, 1.54) is 11.0 Å². The molecule has 0 bridgehead atoms. The summed E-state index contributed by atoms with van der Waals surface area (Å²) in [4.78, 5) is 15.8. The Morgan fingerprint density at radius 1 is 1.24 bits per heavy atom. The maximum absolute atomic E-state index is 15.6. The summed E-state index contributed by atoms with van der Waals surface area (Å²) in [5.74, 6) is -0.122. The minimum Gasteiger partial charge on any atom is -0.504 e. The summed E-state index contributed by atoms with van der Waals surface area (Å²) in [5.41, 5.74) is -3.93. The van der Waals surface area contributed by atoms with Crippen molar-refractivity contribution >= 4 is 5.91 Å². The first-order chi connectivity index (χ1) is 13.8. The zero-order chi connectivity index (χ0) is 20.6. The van der Waals surface area contributed by atoms with Crippen LogP contribution in [0.15, 0.2) is 18.2 Å². The number of phenols is 1. The highest BCUT2D eigenvalue weighted by Gasteiger charge is 2.70. The molecule has 0 saturated carbocycles. The van der Waals surface area contributed by atoms with Gasteiger partial charge in [-0.1, -0.05) is 6.07 Å². The number of alkyl halides is 2. The third-order valence-electron chi connectivity index (χ3n) is 6.24. The Hall–Kier alpha value is -1.93. The van der Waals surface area contributed by atoms with Crippen molar-refractivity contribution in [2.24, 2.45) is 5.92 Å². The molecule has 3 heterocycles. The van der Waals surface area contributed by atoms with Gasteiger partial charge in [-0.25, -0.2) is 8.78 Å². The number of halogens is 2. The van der Waals surface area contributed by atoms with Gasteiger partial charge >= 0.3 is 0 Å². The molecule has 160 valence electrons. The highest BCUT2D eigenvalue weighted by molar-refractivity contribution is 5.90. The lowest BCUT2D eigenvalue weighted by Gasteiger charge is -2.28. The molecule has 3 aliphatic rings. The monoisotopic (exact) mass is 410 g/mol. The normalized spacial score (nSPS) is 30.7. The van der Waals surface area contributed by atoms with Gasteiger partial charge in [-0.3, -0.25) is 9.69 Å². The number of hydrogen-bond donors (Lipinski definition) is 1. The maximum Gasteiger partial charge on any atom is 0.265 e. The van der Waals surface area contributed by atoms with E-state index in [0.717, 1.165) is 18.4 Å². The van der Waals surface area contributed by atoms with E-state index in [2.05, 4.69) is 0 Å². The van der Waals surface area contributed by atoms with Crippen LogP contribution in [0, 0.1) is 5.92 Å². The quantitative estimate of drug-likeness (QED) is 0.780. The Morgan fingerprint density at radius 3 is 2.69 bits per heavy atom. The van der Waals surface area contributed by atoms with Crippen LogP contribution >= 0.6 is 0 Å². The molecule has 1 aromatic rings. The molecule has 2 atom stereocenters. The molecular formula is C21H28F2N2O4. The van der Waals surface area contributed by atoms with Crippen molar-refractivity contribution in [2.45, 2.75) is 37.6 Å². The fraction of sp³-hybridized carbons (Fsp3) is 0.667. The predicted molar refractivity (Wildman–Crippen MR) is 102 cm³/mol. The molecule has 3 aliphatic heterocycles. The lowest BCUT2D eigenvalue weighted by atomic mass is 9.93. The second kappa shape index (κ2) is 7.72. The maximum atomic E-state index is 15.6. The number of likely N-dealkylation sites (tertiary alicyclic amines) is 2. The van der Waals surface area contributed by atoms with E-state index in [1.807, 2.05) is 6.92 Å². The highest BCUT2D eigenvalue weighted by Crippen LogP contribution is 2.46. The van der Waals surface area contributed by atoms with E-state index in [1.54, 1.807) is 17.0 Å². The first kappa shape index (κ1) is 20.3. The number of nitrogens with zero attached hydrogens (tertiary/aromatic N) is 2. The third kappa shape index (κ3) is 3.68. The van der Waals surface area contributed by atoms with E-state index in [0.29, 0.717) is 32.1 Å². The van der Waals surface area contributed by atoms with Crippen molar-refractivity contribution in [3.8, 4) is 11.5 Å². The van der Waals surface area contributed by atoms with E-state index < -0.39 is 17.2 Å². The van der Waals surface area contributed by atoms with Crippen LogP contribution < -0.4 is 4.74 Å². The smallest absolute Gasteiger partial charge is 0.265 e. The molecule has 1 N–H and O–H groups in total. The summed E-state index contributed by atoms with van der Waals surface area (Å²) in [6, 6.07) is 4.87. The SMILES string of the molecule is CCOc1cc(CN2C[C@]3(F)CN(CC4CCOCC4)C(=O)[C@]3(F)C2)ccc1O. The summed E-state index contributed by atoms with van der Waals surface area (Å²) >= 11 is 0. The molecule has 0 spiro atoms. The summed E-state index contributed by atoms with van der Waals surface area (Å²) < 4.78 is 41.9. The molecule has 8 heteroatoms. The first-order valence-electron chi connectivity index (χ1n) is 10.3. The molecule has 6 nitrogen and oxygen atoms in total. The zero-order valence-corrected chi connectivity index (χ0v) is 16.7. The molecule has 0 unspecified atom stereocenters. The van der Waals surface area contributed by atoms with Crippen LogP contribution in [0.5, 0.6) is 11.5 Å². The van der Waals surface area contributed by atoms with Crippen molar-refractivity contribution in [3.63, 3.8) is 0 Å². The fourth-order valence-corrected chi connectivity index (χ4v) is 4.73. The van der Waals surface area contributed by atoms with Gasteiger partial charge in [0.1, 0.15) is 0 Å². The van der Waals surface area contributed by atoms with Crippen molar-refractivity contribution in [1.29, 1.82) is 0 Å². The first-order valence-corrected chi connectivity index (χ1v) is 10.3. The molecule has 0 aliphatic carbocycles. The Bertz CT molecular complexity index is 773. The van der Waals surface area contributed by atoms with Crippen LogP contribution in [-0.2, 0) is 16.1 Å². The third-order valence-corrected chi connectivity index (χ3v) is 6.24. The number of carbonyl (C=O) groups excluding carboxylic acids is 1. The fourth-order valence-electron chi connectivity index (χ4n) is 4.73. The number of hydrogen-bond acceptors (Lipinski definition) is 5. The number of aromatic hydroxyl groups is 1. The molecule has 0 radical (unpaired) electrons. The predicted octanol–water partition coefficient (Wildman–Crippen LogP) is 2.29. The number of benzene rings is 1. The summed E-state index contributed by atoms with van der Waals surface area (Å²) in [6.07, 6.45) is 1.63. The Morgan fingerprint density at radius 2 is 2.00 bits per heavy atom. The average Bonchev–Trinajstić information content (AvgIpc) is 3.03. The molecule has 0 aromatic heterocycles. The van der Waals surface area contributed by atoms with Crippen molar-refractivity contribution in [1.82, 2.24) is 9.80 Å². The minimum atomic E-state index is -2.50. The van der Waals surface area contributed by atoms with Gasteiger partial charge in [0.05, 0.1) is 13.2 Å². The number of rotatable bonds is 6. The average molecular weight is 410 g/mol. The van der Waals surface area contributed by atoms with Crippen LogP contribution in [0.2, 0.25) is 0 Å². The summed E-state index contributed by atoms with van der Waals surface area (Å²) in [5, 5.41) is 9.82. The number of phenolic OH excluding ortho intramolecular Hbond substituents is 1. The molecule has 3 fully saturated rings. The van der Waals surface area contributed by atoms with Gasteiger partial charge in [0.2, 0.25) is 5.67 Å². The van der Waals surface area contributed by atoms with E-state index >= 15 is 8.78 Å². The van der Waals surface area contributed by atoms with Crippen LogP contribution in [0.25, 0.3) is 0 Å². The van der Waals surface area contributed by atoms with Gasteiger partial charge < -0.3 is 19.5 Å². The number of ether oxygens (including phenoxy) is 2. The van der Waals surface area contributed by atoms with Gasteiger partial charge in [0, 0.05) is 39.4 Å².